The van der Waals surface area contributed by atoms with Crippen LogP contribution in [0.15, 0.2) is 61.2 Å². The van der Waals surface area contributed by atoms with E-state index in [-0.39, 0.29) is 17.9 Å². The summed E-state index contributed by atoms with van der Waals surface area (Å²) in [5.41, 5.74) is 2.77. The van der Waals surface area contributed by atoms with Crippen molar-refractivity contribution in [1.82, 2.24) is 5.32 Å². The topological polar surface area (TPSA) is 62.1 Å². The molecular weight excluding hydrogens is 312 g/mol. The average molecular weight is 332 g/mol. The Morgan fingerprint density at radius 3 is 2.40 bits per heavy atom. The van der Waals surface area contributed by atoms with Crippen molar-refractivity contribution in [2.45, 2.75) is 18.9 Å². The fraction of sp³-hybridized carbons (Fsp3) is 0.238. The highest BCUT2D eigenvalue weighted by Crippen LogP contribution is 2.24. The molecule has 4 heteroatoms. The van der Waals surface area contributed by atoms with Crippen molar-refractivity contribution in [2.24, 2.45) is 5.92 Å². The Morgan fingerprint density at radius 2 is 1.80 bits per heavy atom. The minimum Gasteiger partial charge on any atom is -0.491 e. The van der Waals surface area contributed by atoms with Crippen LogP contribution in [-0.4, -0.2) is 18.6 Å². The fourth-order valence-corrected chi connectivity index (χ4v) is 3.02. The minimum absolute atomic E-state index is 0.0184. The Hall–Kier alpha value is -3.06. The number of carbonyl (C=O) groups excluding carboxylic acids is 1. The molecule has 0 radical (unpaired) electrons. The average Bonchev–Trinajstić information content (AvgIpc) is 3.00. The molecule has 1 aliphatic heterocycles. The molecule has 0 spiro atoms. The van der Waals surface area contributed by atoms with Gasteiger partial charge in [-0.25, -0.2) is 0 Å². The second-order valence-electron chi connectivity index (χ2n) is 6.19. The summed E-state index contributed by atoms with van der Waals surface area (Å²) in [6.07, 6.45) is 3.28. The number of hydrogen-bond donors (Lipinski definition) is 1. The molecule has 1 N–H and O–H groups in total. The Morgan fingerprint density at radius 1 is 1.16 bits per heavy atom. The molecule has 1 saturated heterocycles. The van der Waals surface area contributed by atoms with Gasteiger partial charge in [0.25, 0.3) is 0 Å². The number of nitrogens with zero attached hydrogens (tertiary/aromatic N) is 1. The number of nitrogens with one attached hydrogen (secondary N) is 1. The van der Waals surface area contributed by atoms with Crippen molar-refractivity contribution in [1.29, 1.82) is 5.26 Å². The van der Waals surface area contributed by atoms with Crippen molar-refractivity contribution >= 4 is 5.91 Å². The van der Waals surface area contributed by atoms with Gasteiger partial charge in [0.15, 0.2) is 0 Å². The maximum atomic E-state index is 11.8. The molecule has 0 aliphatic carbocycles. The summed E-state index contributed by atoms with van der Waals surface area (Å²) in [7, 11) is 0. The van der Waals surface area contributed by atoms with Crippen LogP contribution in [0.25, 0.3) is 11.1 Å². The molecule has 0 aromatic heterocycles. The van der Waals surface area contributed by atoms with E-state index in [0.717, 1.165) is 23.3 Å². The summed E-state index contributed by atoms with van der Waals surface area (Å²) in [6.45, 7) is 4.16. The van der Waals surface area contributed by atoms with E-state index in [0.29, 0.717) is 18.6 Å². The van der Waals surface area contributed by atoms with Crippen molar-refractivity contribution < 1.29 is 9.53 Å². The number of carbonyl (C=O) groups is 1. The quantitative estimate of drug-likeness (QED) is 0.821. The lowest BCUT2D eigenvalue weighted by Gasteiger charge is -2.12. The van der Waals surface area contributed by atoms with Gasteiger partial charge in [-0.2, -0.15) is 5.26 Å². The van der Waals surface area contributed by atoms with Gasteiger partial charge in [-0.05, 0) is 48.2 Å². The third-order valence-electron chi connectivity index (χ3n) is 4.39. The molecule has 1 heterocycles. The first-order valence-corrected chi connectivity index (χ1v) is 8.34. The van der Waals surface area contributed by atoms with Gasteiger partial charge in [-0.1, -0.05) is 30.3 Å². The highest BCUT2D eigenvalue weighted by atomic mass is 16.5. The molecule has 0 saturated carbocycles. The van der Waals surface area contributed by atoms with E-state index < -0.39 is 0 Å². The zero-order chi connectivity index (χ0) is 17.6. The zero-order valence-corrected chi connectivity index (χ0v) is 13.9. The first kappa shape index (κ1) is 16.8. The molecule has 1 aliphatic rings. The number of rotatable bonds is 6. The van der Waals surface area contributed by atoms with Gasteiger partial charge in [-0.3, -0.25) is 4.79 Å². The van der Waals surface area contributed by atoms with Crippen LogP contribution in [-0.2, 0) is 4.79 Å². The van der Waals surface area contributed by atoms with Crippen molar-refractivity contribution in [3.8, 4) is 22.9 Å². The van der Waals surface area contributed by atoms with Crippen molar-refractivity contribution in [2.75, 3.05) is 6.61 Å². The van der Waals surface area contributed by atoms with Gasteiger partial charge < -0.3 is 10.1 Å². The largest absolute Gasteiger partial charge is 0.491 e. The van der Waals surface area contributed by atoms with E-state index in [2.05, 4.69) is 18.0 Å². The van der Waals surface area contributed by atoms with Crippen LogP contribution in [0.3, 0.4) is 0 Å². The first-order valence-electron chi connectivity index (χ1n) is 8.34. The number of amides is 1. The number of hydrogen-bond acceptors (Lipinski definition) is 3. The lowest BCUT2D eigenvalue weighted by Crippen LogP contribution is -2.31. The standard InChI is InChI=1S/C21H20N2O2/c1-2-3-18-12-19(23-21(18)24)14-25-20-10-8-17(9-11-20)16-6-4-15(13-22)5-7-16/h2,4-11,18-19H,1,3,12,14H2,(H,23,24)/t18-,19+/m1/s1. The molecule has 126 valence electrons. The molecule has 2 aromatic carbocycles. The number of nitriles is 1. The van der Waals surface area contributed by atoms with E-state index in [1.807, 2.05) is 48.5 Å². The molecular formula is C21H20N2O2. The smallest absolute Gasteiger partial charge is 0.223 e. The maximum Gasteiger partial charge on any atom is 0.223 e. The summed E-state index contributed by atoms with van der Waals surface area (Å²) in [5, 5.41) is 11.8. The third kappa shape index (κ3) is 4.07. The van der Waals surface area contributed by atoms with Gasteiger partial charge in [0.1, 0.15) is 12.4 Å². The van der Waals surface area contributed by atoms with Gasteiger partial charge in [-0.15, -0.1) is 6.58 Å². The van der Waals surface area contributed by atoms with E-state index in [4.69, 9.17) is 10.00 Å². The summed E-state index contributed by atoms with van der Waals surface area (Å²) in [6, 6.07) is 17.5. The Labute approximate surface area is 147 Å². The summed E-state index contributed by atoms with van der Waals surface area (Å²) < 4.78 is 5.81. The van der Waals surface area contributed by atoms with Crippen LogP contribution >= 0.6 is 0 Å². The molecule has 3 rings (SSSR count). The maximum absolute atomic E-state index is 11.8. The molecule has 1 fully saturated rings. The third-order valence-corrected chi connectivity index (χ3v) is 4.39. The molecule has 25 heavy (non-hydrogen) atoms. The molecule has 0 unspecified atom stereocenters. The van der Waals surface area contributed by atoms with Gasteiger partial charge >= 0.3 is 0 Å². The molecule has 2 aromatic rings. The highest BCUT2D eigenvalue weighted by molar-refractivity contribution is 5.81. The van der Waals surface area contributed by atoms with Crippen LogP contribution in [0.1, 0.15) is 18.4 Å². The predicted octanol–water partition coefficient (Wildman–Crippen LogP) is 3.68. The monoisotopic (exact) mass is 332 g/mol. The van der Waals surface area contributed by atoms with Gasteiger partial charge in [0.05, 0.1) is 17.7 Å². The SMILES string of the molecule is C=CC[C@@H]1C[C@@H](COc2ccc(-c3ccc(C#N)cc3)cc2)NC1=O. The highest BCUT2D eigenvalue weighted by Gasteiger charge is 2.31. The molecule has 2 atom stereocenters. The van der Waals surface area contributed by atoms with Crippen LogP contribution in [0, 0.1) is 17.2 Å². The van der Waals surface area contributed by atoms with Crippen LogP contribution < -0.4 is 10.1 Å². The normalized spacial score (nSPS) is 19.1. The van der Waals surface area contributed by atoms with Gasteiger partial charge in [0.2, 0.25) is 5.91 Å². The van der Waals surface area contributed by atoms with Crippen molar-refractivity contribution in [3.05, 3.63) is 66.7 Å². The molecule has 4 nitrogen and oxygen atoms in total. The van der Waals surface area contributed by atoms with Gasteiger partial charge in [0, 0.05) is 5.92 Å². The van der Waals surface area contributed by atoms with E-state index in [1.165, 1.54) is 0 Å². The van der Waals surface area contributed by atoms with Crippen molar-refractivity contribution in [3.63, 3.8) is 0 Å². The Bertz CT molecular complexity index is 788. The number of allylic oxidation sites excluding steroid dienone is 1. The lowest BCUT2D eigenvalue weighted by atomic mass is 10.0. The molecule has 0 bridgehead atoms. The predicted molar refractivity (Wildman–Crippen MR) is 96.9 cm³/mol. The number of benzene rings is 2. The van der Waals surface area contributed by atoms with Crippen LogP contribution in [0.5, 0.6) is 5.75 Å². The van der Waals surface area contributed by atoms with E-state index >= 15 is 0 Å². The van der Waals surface area contributed by atoms with Crippen LogP contribution in [0.2, 0.25) is 0 Å². The molecule has 1 amide bonds. The summed E-state index contributed by atoms with van der Waals surface area (Å²) in [5.74, 6) is 0.883. The first-order chi connectivity index (χ1) is 12.2. The Balaban J connectivity index is 1.57. The summed E-state index contributed by atoms with van der Waals surface area (Å²) >= 11 is 0. The number of ether oxygens (including phenoxy) is 1. The van der Waals surface area contributed by atoms with E-state index in [1.54, 1.807) is 6.08 Å². The fourth-order valence-electron chi connectivity index (χ4n) is 3.02. The lowest BCUT2D eigenvalue weighted by molar-refractivity contribution is -0.122. The van der Waals surface area contributed by atoms with E-state index in [9.17, 15) is 4.79 Å². The Kier molecular flexibility index (Phi) is 5.15. The minimum atomic E-state index is 0.0184. The zero-order valence-electron chi connectivity index (χ0n) is 13.9. The second-order valence-corrected chi connectivity index (χ2v) is 6.19. The summed E-state index contributed by atoms with van der Waals surface area (Å²) in [4.78, 5) is 11.8. The van der Waals surface area contributed by atoms with Crippen LogP contribution in [0.4, 0.5) is 0 Å². The second kappa shape index (κ2) is 7.67.